The molecule has 4 heteroatoms. The van der Waals surface area contributed by atoms with Crippen LogP contribution in [-0.4, -0.2) is 28.6 Å². The van der Waals surface area contributed by atoms with Gasteiger partial charge in [-0.3, -0.25) is 9.69 Å². The van der Waals surface area contributed by atoms with E-state index in [1.165, 1.54) is 0 Å². The number of carboxylic acids is 1. The lowest BCUT2D eigenvalue weighted by molar-refractivity contribution is -0.147. The van der Waals surface area contributed by atoms with E-state index in [4.69, 9.17) is 11.6 Å². The summed E-state index contributed by atoms with van der Waals surface area (Å²) in [7, 11) is 0. The quantitative estimate of drug-likeness (QED) is 0.915. The highest BCUT2D eigenvalue weighted by molar-refractivity contribution is 6.30. The van der Waals surface area contributed by atoms with Crippen LogP contribution in [0.3, 0.4) is 0 Å². The zero-order valence-electron chi connectivity index (χ0n) is 10.5. The highest BCUT2D eigenvalue weighted by Gasteiger charge is 2.33. The summed E-state index contributed by atoms with van der Waals surface area (Å²) in [6, 6.07) is 7.25. The predicted octanol–water partition coefficient (Wildman–Crippen LogP) is 3.03. The third-order valence-corrected chi connectivity index (χ3v) is 3.84. The number of nitrogens with zero attached hydrogens (tertiary/aromatic N) is 1. The van der Waals surface area contributed by atoms with Crippen molar-refractivity contribution < 1.29 is 9.90 Å². The van der Waals surface area contributed by atoms with E-state index in [0.717, 1.165) is 24.9 Å². The minimum Gasteiger partial charge on any atom is -0.480 e. The van der Waals surface area contributed by atoms with Crippen molar-refractivity contribution in [2.75, 3.05) is 6.54 Å². The van der Waals surface area contributed by atoms with Crippen molar-refractivity contribution in [2.45, 2.75) is 32.4 Å². The highest BCUT2D eigenvalue weighted by atomic mass is 35.5. The number of carboxylic acid groups (broad SMARTS) is 1. The molecule has 3 nitrogen and oxygen atoms in total. The molecule has 2 unspecified atom stereocenters. The van der Waals surface area contributed by atoms with Crippen molar-refractivity contribution in [3.05, 3.63) is 34.9 Å². The Hall–Kier alpha value is -1.06. The number of halogens is 1. The Bertz CT molecular complexity index is 418. The van der Waals surface area contributed by atoms with E-state index in [1.54, 1.807) is 0 Å². The van der Waals surface area contributed by atoms with Crippen molar-refractivity contribution >= 4 is 17.6 Å². The van der Waals surface area contributed by atoms with Crippen LogP contribution in [0.15, 0.2) is 24.3 Å². The van der Waals surface area contributed by atoms with Gasteiger partial charge in [0.05, 0.1) is 0 Å². The van der Waals surface area contributed by atoms with E-state index in [9.17, 15) is 9.90 Å². The van der Waals surface area contributed by atoms with E-state index in [1.807, 2.05) is 31.2 Å². The second-order valence-corrected chi connectivity index (χ2v) is 5.44. The first kappa shape index (κ1) is 13.4. The number of hydrogen-bond acceptors (Lipinski definition) is 2. The van der Waals surface area contributed by atoms with E-state index >= 15 is 0 Å². The van der Waals surface area contributed by atoms with Gasteiger partial charge in [0, 0.05) is 11.6 Å². The standard InChI is InChI=1S/C14H18ClNO2/c1-10-3-2-8-16(13(10)14(17)18)9-11-4-6-12(15)7-5-11/h4-7,10,13H,2-3,8-9H2,1H3,(H,17,18). The van der Waals surface area contributed by atoms with Crippen LogP contribution in [-0.2, 0) is 11.3 Å². The summed E-state index contributed by atoms with van der Waals surface area (Å²) >= 11 is 5.85. The monoisotopic (exact) mass is 267 g/mol. The molecule has 0 radical (unpaired) electrons. The Balaban J connectivity index is 2.10. The average Bonchev–Trinajstić information content (AvgIpc) is 2.32. The Kier molecular flexibility index (Phi) is 4.25. The van der Waals surface area contributed by atoms with Crippen molar-refractivity contribution in [1.29, 1.82) is 0 Å². The fourth-order valence-electron chi connectivity index (χ4n) is 2.67. The smallest absolute Gasteiger partial charge is 0.321 e. The normalized spacial score (nSPS) is 25.0. The molecule has 2 rings (SSSR count). The Morgan fingerprint density at radius 2 is 2.11 bits per heavy atom. The summed E-state index contributed by atoms with van der Waals surface area (Å²) in [5.74, 6) is -0.500. The first-order valence-corrected chi connectivity index (χ1v) is 6.67. The van der Waals surface area contributed by atoms with Crippen LogP contribution in [0.4, 0.5) is 0 Å². The van der Waals surface area contributed by atoms with E-state index in [-0.39, 0.29) is 12.0 Å². The number of likely N-dealkylation sites (tertiary alicyclic amines) is 1. The molecule has 1 heterocycles. The SMILES string of the molecule is CC1CCCN(Cc2ccc(Cl)cc2)C1C(=O)O. The zero-order valence-corrected chi connectivity index (χ0v) is 11.2. The number of aliphatic carboxylic acids is 1. The second kappa shape index (κ2) is 5.72. The van der Waals surface area contributed by atoms with Crippen LogP contribution in [0.2, 0.25) is 5.02 Å². The average molecular weight is 268 g/mol. The van der Waals surface area contributed by atoms with Crippen LogP contribution in [0.5, 0.6) is 0 Å². The largest absolute Gasteiger partial charge is 0.480 e. The van der Waals surface area contributed by atoms with Crippen LogP contribution in [0, 0.1) is 5.92 Å². The van der Waals surface area contributed by atoms with Gasteiger partial charge in [-0.15, -0.1) is 0 Å². The lowest BCUT2D eigenvalue weighted by atomic mass is 9.90. The third kappa shape index (κ3) is 3.03. The summed E-state index contributed by atoms with van der Waals surface area (Å²) in [4.78, 5) is 13.4. The van der Waals surface area contributed by atoms with Gasteiger partial charge in [-0.1, -0.05) is 30.7 Å². The van der Waals surface area contributed by atoms with E-state index < -0.39 is 5.97 Å². The number of carbonyl (C=O) groups is 1. The van der Waals surface area contributed by atoms with Crippen molar-refractivity contribution in [3.8, 4) is 0 Å². The van der Waals surface area contributed by atoms with Gasteiger partial charge in [0.15, 0.2) is 0 Å². The molecule has 0 amide bonds. The zero-order chi connectivity index (χ0) is 13.1. The summed E-state index contributed by atoms with van der Waals surface area (Å²) in [5, 5.41) is 10.0. The van der Waals surface area contributed by atoms with Gasteiger partial charge in [-0.05, 0) is 43.0 Å². The summed E-state index contributed by atoms with van der Waals surface area (Å²) in [5.41, 5.74) is 1.11. The molecule has 1 fully saturated rings. The molecule has 0 aliphatic carbocycles. The molecular weight excluding hydrogens is 250 g/mol. The molecule has 1 aromatic carbocycles. The fraction of sp³-hybridized carbons (Fsp3) is 0.500. The van der Waals surface area contributed by atoms with Crippen LogP contribution < -0.4 is 0 Å². The van der Waals surface area contributed by atoms with Crippen molar-refractivity contribution in [2.24, 2.45) is 5.92 Å². The van der Waals surface area contributed by atoms with Crippen LogP contribution in [0.1, 0.15) is 25.3 Å². The number of rotatable bonds is 3. The van der Waals surface area contributed by atoms with Crippen LogP contribution in [0.25, 0.3) is 0 Å². The molecule has 98 valence electrons. The fourth-order valence-corrected chi connectivity index (χ4v) is 2.80. The lowest BCUT2D eigenvalue weighted by Crippen LogP contribution is -2.48. The van der Waals surface area contributed by atoms with Gasteiger partial charge in [0.1, 0.15) is 6.04 Å². The molecule has 2 atom stereocenters. The molecule has 1 saturated heterocycles. The maximum Gasteiger partial charge on any atom is 0.321 e. The Morgan fingerprint density at radius 3 is 2.72 bits per heavy atom. The molecule has 1 aliphatic rings. The molecule has 1 aliphatic heterocycles. The molecule has 0 spiro atoms. The minimum atomic E-state index is -0.712. The van der Waals surface area contributed by atoms with Crippen molar-refractivity contribution in [3.63, 3.8) is 0 Å². The maximum absolute atomic E-state index is 11.4. The first-order chi connectivity index (χ1) is 8.58. The van der Waals surface area contributed by atoms with Gasteiger partial charge in [0.25, 0.3) is 0 Å². The summed E-state index contributed by atoms with van der Waals surface area (Å²) in [6.45, 7) is 3.55. The molecule has 1 N–H and O–H groups in total. The number of piperidine rings is 1. The van der Waals surface area contributed by atoms with Gasteiger partial charge in [-0.25, -0.2) is 0 Å². The summed E-state index contributed by atoms with van der Waals surface area (Å²) in [6.07, 6.45) is 2.06. The van der Waals surface area contributed by atoms with Crippen LogP contribution >= 0.6 is 11.6 Å². The molecule has 1 aromatic rings. The second-order valence-electron chi connectivity index (χ2n) is 5.00. The third-order valence-electron chi connectivity index (χ3n) is 3.59. The van der Waals surface area contributed by atoms with Gasteiger partial charge >= 0.3 is 5.97 Å². The van der Waals surface area contributed by atoms with Gasteiger partial charge in [-0.2, -0.15) is 0 Å². The summed E-state index contributed by atoms with van der Waals surface area (Å²) < 4.78 is 0. The Morgan fingerprint density at radius 1 is 1.44 bits per heavy atom. The predicted molar refractivity (Wildman–Crippen MR) is 71.7 cm³/mol. The molecule has 0 saturated carbocycles. The van der Waals surface area contributed by atoms with Crippen molar-refractivity contribution in [1.82, 2.24) is 4.90 Å². The minimum absolute atomic E-state index is 0.212. The number of hydrogen-bond donors (Lipinski definition) is 1. The van der Waals surface area contributed by atoms with E-state index in [0.29, 0.717) is 11.6 Å². The lowest BCUT2D eigenvalue weighted by Gasteiger charge is -2.37. The topological polar surface area (TPSA) is 40.5 Å². The first-order valence-electron chi connectivity index (χ1n) is 6.29. The highest BCUT2D eigenvalue weighted by Crippen LogP contribution is 2.25. The molecular formula is C14H18ClNO2. The maximum atomic E-state index is 11.4. The molecule has 0 bridgehead atoms. The van der Waals surface area contributed by atoms with E-state index in [2.05, 4.69) is 4.90 Å². The molecule has 18 heavy (non-hydrogen) atoms. The van der Waals surface area contributed by atoms with Gasteiger partial charge in [0.2, 0.25) is 0 Å². The molecule has 0 aromatic heterocycles. The van der Waals surface area contributed by atoms with Gasteiger partial charge < -0.3 is 5.11 Å². The number of benzene rings is 1. The Labute approximate surface area is 112 Å².